The first kappa shape index (κ1) is 24.5. The fourth-order valence-corrected chi connectivity index (χ4v) is 5.32. The molecule has 1 saturated carbocycles. The maximum absolute atomic E-state index is 16.1. The molecule has 5 aromatic rings. The molecule has 1 amide bonds. The second kappa shape index (κ2) is 9.87. The van der Waals surface area contributed by atoms with Gasteiger partial charge in [0.2, 0.25) is 5.91 Å². The van der Waals surface area contributed by atoms with E-state index in [2.05, 4.69) is 27.1 Å². The standard InChI is InChI=1S/C30H28FN7O2/c1-19-18-40-14-13-36(19)28-16-24(25-17-33-38(29(25)34-28)27-11-12-32-35-27)23-10-9-22(15-26(23)31)37(30(39)20-7-8-20)21-5-3-2-4-6-21/h2-6,9-12,15-17,19-20H,7-8,13-14,18H2,1H3,(H,32,35)/t19-/m1/s1. The molecule has 0 radical (unpaired) electrons. The molecule has 0 spiro atoms. The zero-order valence-electron chi connectivity index (χ0n) is 22.0. The number of ether oxygens (including phenoxy) is 1. The van der Waals surface area contributed by atoms with Crippen LogP contribution in [0.4, 0.5) is 21.6 Å². The molecule has 7 rings (SSSR count). The van der Waals surface area contributed by atoms with E-state index in [1.165, 1.54) is 6.07 Å². The van der Waals surface area contributed by atoms with Crippen molar-refractivity contribution in [2.75, 3.05) is 29.6 Å². The summed E-state index contributed by atoms with van der Waals surface area (Å²) in [6.45, 7) is 3.93. The number of fused-ring (bicyclic) bond motifs is 1. The summed E-state index contributed by atoms with van der Waals surface area (Å²) in [5.74, 6) is 0.854. The Morgan fingerprint density at radius 2 is 1.90 bits per heavy atom. The number of rotatable bonds is 6. The van der Waals surface area contributed by atoms with Crippen LogP contribution in [-0.4, -0.2) is 56.7 Å². The molecule has 1 N–H and O–H groups in total. The molecular formula is C30H28FN7O2. The number of nitrogens with one attached hydrogen (secondary N) is 1. The lowest BCUT2D eigenvalue weighted by Gasteiger charge is -2.34. The highest BCUT2D eigenvalue weighted by molar-refractivity contribution is 6.03. The molecule has 2 aromatic carbocycles. The highest BCUT2D eigenvalue weighted by Gasteiger charge is 2.35. The third-order valence-corrected chi connectivity index (χ3v) is 7.56. The summed E-state index contributed by atoms with van der Waals surface area (Å²) >= 11 is 0. The van der Waals surface area contributed by atoms with Crippen LogP contribution < -0.4 is 9.80 Å². The number of carbonyl (C=O) groups excluding carboxylic acids is 1. The van der Waals surface area contributed by atoms with E-state index >= 15 is 4.39 Å². The Hall–Kier alpha value is -4.57. The number of hydrogen-bond donors (Lipinski definition) is 1. The molecule has 0 unspecified atom stereocenters. The second-order valence-electron chi connectivity index (χ2n) is 10.3. The van der Waals surface area contributed by atoms with Crippen LogP contribution in [-0.2, 0) is 9.53 Å². The van der Waals surface area contributed by atoms with Crippen LogP contribution in [0.15, 0.2) is 73.1 Å². The average Bonchev–Trinajstić information content (AvgIpc) is 3.51. The lowest BCUT2D eigenvalue weighted by atomic mass is 10.0. The lowest BCUT2D eigenvalue weighted by Crippen LogP contribution is -2.44. The normalized spacial score (nSPS) is 17.4. The van der Waals surface area contributed by atoms with E-state index in [0.717, 1.165) is 18.5 Å². The summed E-state index contributed by atoms with van der Waals surface area (Å²) in [6, 6.07) is 18.2. The van der Waals surface area contributed by atoms with Crippen LogP contribution in [0.2, 0.25) is 0 Å². The number of pyridine rings is 1. The van der Waals surface area contributed by atoms with Crippen LogP contribution in [0.5, 0.6) is 0 Å². The Morgan fingerprint density at radius 1 is 1.05 bits per heavy atom. The van der Waals surface area contributed by atoms with Gasteiger partial charge in [0.25, 0.3) is 0 Å². The quantitative estimate of drug-likeness (QED) is 0.318. The first-order valence-corrected chi connectivity index (χ1v) is 13.5. The topological polar surface area (TPSA) is 92.2 Å². The van der Waals surface area contributed by atoms with Gasteiger partial charge in [-0.15, -0.1) is 0 Å². The number of aromatic nitrogens is 5. The van der Waals surface area contributed by atoms with Gasteiger partial charge in [-0.05, 0) is 56.2 Å². The Bertz CT molecular complexity index is 1680. The summed E-state index contributed by atoms with van der Waals surface area (Å²) in [6.07, 6.45) is 5.14. The summed E-state index contributed by atoms with van der Waals surface area (Å²) in [4.78, 5) is 22.0. The maximum Gasteiger partial charge on any atom is 0.234 e. The van der Waals surface area contributed by atoms with Crippen molar-refractivity contribution < 1.29 is 13.9 Å². The zero-order valence-corrected chi connectivity index (χ0v) is 22.0. The van der Waals surface area contributed by atoms with Crippen molar-refractivity contribution in [3.63, 3.8) is 0 Å². The molecule has 1 saturated heterocycles. The predicted molar refractivity (Wildman–Crippen MR) is 150 cm³/mol. The van der Waals surface area contributed by atoms with Crippen LogP contribution in [0, 0.1) is 11.7 Å². The summed E-state index contributed by atoms with van der Waals surface area (Å²) in [7, 11) is 0. The largest absolute Gasteiger partial charge is 0.377 e. The van der Waals surface area contributed by atoms with E-state index in [4.69, 9.17) is 9.72 Å². The van der Waals surface area contributed by atoms with Gasteiger partial charge in [0.1, 0.15) is 11.6 Å². The van der Waals surface area contributed by atoms with Gasteiger partial charge >= 0.3 is 0 Å². The van der Waals surface area contributed by atoms with Crippen molar-refractivity contribution in [1.29, 1.82) is 0 Å². The first-order chi connectivity index (χ1) is 19.6. The van der Waals surface area contributed by atoms with Gasteiger partial charge in [-0.3, -0.25) is 14.8 Å². The molecule has 40 heavy (non-hydrogen) atoms. The molecule has 10 heteroatoms. The molecule has 2 fully saturated rings. The van der Waals surface area contributed by atoms with E-state index in [1.54, 1.807) is 28.0 Å². The van der Waals surface area contributed by atoms with Crippen molar-refractivity contribution in [2.45, 2.75) is 25.8 Å². The van der Waals surface area contributed by atoms with Crippen LogP contribution in [0.25, 0.3) is 28.0 Å². The number of para-hydroxylation sites is 1. The smallest absolute Gasteiger partial charge is 0.234 e. The van der Waals surface area contributed by atoms with Gasteiger partial charge in [0, 0.05) is 46.9 Å². The van der Waals surface area contributed by atoms with Gasteiger partial charge in [-0.1, -0.05) is 18.2 Å². The molecule has 3 aromatic heterocycles. The minimum Gasteiger partial charge on any atom is -0.377 e. The molecule has 1 aliphatic carbocycles. The summed E-state index contributed by atoms with van der Waals surface area (Å²) in [5.41, 5.74) is 2.89. The Kier molecular flexibility index (Phi) is 6.04. The number of benzene rings is 2. The van der Waals surface area contributed by atoms with E-state index in [0.29, 0.717) is 59.2 Å². The second-order valence-corrected chi connectivity index (χ2v) is 10.3. The summed E-state index contributed by atoms with van der Waals surface area (Å²) in [5, 5.41) is 12.3. The number of morpholine rings is 1. The zero-order chi connectivity index (χ0) is 27.2. The number of halogens is 1. The van der Waals surface area contributed by atoms with Crippen molar-refractivity contribution in [2.24, 2.45) is 5.92 Å². The van der Waals surface area contributed by atoms with Crippen molar-refractivity contribution in [1.82, 2.24) is 25.0 Å². The van der Waals surface area contributed by atoms with Crippen molar-refractivity contribution >= 4 is 34.1 Å². The molecular weight excluding hydrogens is 509 g/mol. The van der Waals surface area contributed by atoms with Gasteiger partial charge in [-0.2, -0.15) is 14.9 Å². The Balaban J connectivity index is 1.36. The van der Waals surface area contributed by atoms with Gasteiger partial charge in [-0.25, -0.2) is 9.37 Å². The molecule has 1 atom stereocenters. The Labute approximate surface area is 230 Å². The van der Waals surface area contributed by atoms with Crippen molar-refractivity contribution in [3.8, 4) is 16.9 Å². The maximum atomic E-state index is 16.1. The van der Waals surface area contributed by atoms with Gasteiger partial charge in [0.15, 0.2) is 11.5 Å². The number of nitrogens with zero attached hydrogens (tertiary/aromatic N) is 6. The molecule has 2 aliphatic rings. The monoisotopic (exact) mass is 537 g/mol. The fraction of sp³-hybridized carbons (Fsp3) is 0.267. The lowest BCUT2D eigenvalue weighted by molar-refractivity contribution is -0.119. The minimum atomic E-state index is -0.428. The minimum absolute atomic E-state index is 0.00600. The third kappa shape index (κ3) is 4.30. The first-order valence-electron chi connectivity index (χ1n) is 13.5. The average molecular weight is 538 g/mol. The van der Waals surface area contributed by atoms with Gasteiger partial charge < -0.3 is 9.64 Å². The van der Waals surface area contributed by atoms with Crippen LogP contribution >= 0.6 is 0 Å². The molecule has 9 nitrogen and oxygen atoms in total. The van der Waals surface area contributed by atoms with E-state index < -0.39 is 5.82 Å². The SMILES string of the molecule is C[C@@H]1COCCN1c1cc(-c2ccc(N(C(=O)C3CC3)c3ccccc3)cc2F)c2cnn(-c3cc[nH]n3)c2n1. The van der Waals surface area contributed by atoms with Crippen molar-refractivity contribution in [3.05, 3.63) is 78.9 Å². The molecule has 1 aliphatic heterocycles. The molecule has 202 valence electrons. The van der Waals surface area contributed by atoms with Crippen LogP contribution in [0.3, 0.4) is 0 Å². The van der Waals surface area contributed by atoms with Gasteiger partial charge in [0.05, 0.1) is 31.1 Å². The van der Waals surface area contributed by atoms with Crippen LogP contribution in [0.1, 0.15) is 19.8 Å². The highest BCUT2D eigenvalue weighted by Crippen LogP contribution is 2.39. The predicted octanol–water partition coefficient (Wildman–Crippen LogP) is 5.25. The number of amides is 1. The Morgan fingerprint density at radius 3 is 2.62 bits per heavy atom. The fourth-order valence-electron chi connectivity index (χ4n) is 5.32. The number of hydrogen-bond acceptors (Lipinski definition) is 6. The molecule has 4 heterocycles. The number of anilines is 3. The van der Waals surface area contributed by atoms with E-state index in [-0.39, 0.29) is 17.9 Å². The molecule has 0 bridgehead atoms. The third-order valence-electron chi connectivity index (χ3n) is 7.56. The number of carbonyl (C=O) groups is 1. The number of aromatic amines is 1. The number of H-pyrrole nitrogens is 1. The highest BCUT2D eigenvalue weighted by atomic mass is 19.1. The van der Waals surface area contributed by atoms with E-state index in [1.807, 2.05) is 48.5 Å². The van der Waals surface area contributed by atoms with E-state index in [9.17, 15) is 4.79 Å². The summed E-state index contributed by atoms with van der Waals surface area (Å²) < 4.78 is 23.4.